The summed E-state index contributed by atoms with van der Waals surface area (Å²) in [4.78, 5) is 122. The number of aryl methyl sites for hydroxylation is 4. The van der Waals surface area contributed by atoms with Crippen LogP contribution in [0.1, 0.15) is 67.8 Å². The molecular formula is C111H91N29O4. The summed E-state index contributed by atoms with van der Waals surface area (Å²) in [5.41, 5.74) is 28.7. The van der Waals surface area contributed by atoms with Crippen molar-refractivity contribution in [1.29, 1.82) is 0 Å². The van der Waals surface area contributed by atoms with Gasteiger partial charge in [-0.05, 0) is 122 Å². The fourth-order valence-corrected chi connectivity index (χ4v) is 17.2. The van der Waals surface area contributed by atoms with Gasteiger partial charge in [0.05, 0.1) is 62.0 Å². The molecule has 0 atom stereocenters. The van der Waals surface area contributed by atoms with E-state index in [4.69, 9.17) is 4.98 Å². The standard InChI is InChI=1S/C29H24N6O.C28H23N7O.2C27H22N8O/c1-19-17-35(18-31-19)29-25-16-27(32-26(25)11-12-30-29)22-9-7-20(8-10-22)13-24(36)14-23-15-28(34-33-23)21-5-3-2-4-6-21;1-18-15-35(17-31-18)28-24-14-25(32-27(24)29-16-30-28)21-9-7-19(8-10-21)11-23(36)12-22-13-26(34-33-22)20-5-3-2-4-6-20;1-17-15-35(16-30-17)27-25-23(8-11-29-27)31-26(32-25)20-4-2-18(3-5-20)12-22(36)13-21-14-24(34-33-21)19-6-9-28-10-7-19;1-17-14-35(16-30-17)27-24-26(28-15-29-27)32-25(31-24)20-9-7-18(8-10-20)11-22(36)12-21-13-23(34-33-21)19-5-3-2-4-6-19/h2-12,15-18,32H,13-14H2,1H3,(H,33,34);2-10,13-17H,11-12H2,1H3,(H,33,34)(H,29,30,32);2-11,14-16H,12-13H2,1H3,(H,31,32)(H,33,34);2-10,13-16H,11-12H2,1H3,(H,33,34)(H,28,29,31,32). The van der Waals surface area contributed by atoms with Crippen molar-refractivity contribution in [2.24, 2.45) is 0 Å². The molecule has 24 aromatic rings. The third kappa shape index (κ3) is 21.1. The predicted molar refractivity (Wildman–Crippen MR) is 548 cm³/mol. The van der Waals surface area contributed by atoms with Gasteiger partial charge >= 0.3 is 0 Å². The van der Waals surface area contributed by atoms with Gasteiger partial charge in [-0.1, -0.05) is 188 Å². The van der Waals surface area contributed by atoms with Crippen molar-refractivity contribution in [1.82, 2.24) is 144 Å². The molecule has 7 aromatic carbocycles. The summed E-state index contributed by atoms with van der Waals surface area (Å²) in [7, 11) is 0. The molecule has 0 saturated heterocycles. The second kappa shape index (κ2) is 41.1. The van der Waals surface area contributed by atoms with Crippen molar-refractivity contribution >= 4 is 67.3 Å². The minimum atomic E-state index is 0.114. The van der Waals surface area contributed by atoms with Crippen molar-refractivity contribution in [2.75, 3.05) is 0 Å². The summed E-state index contributed by atoms with van der Waals surface area (Å²) in [6.07, 6.45) is 27.4. The number of benzene rings is 7. The number of pyridine rings is 3. The van der Waals surface area contributed by atoms with E-state index in [1.807, 2.05) is 313 Å². The van der Waals surface area contributed by atoms with Crippen LogP contribution in [-0.2, 0) is 70.5 Å². The number of nitrogens with zero attached hydrogens (tertiary/aromatic N) is 21. The van der Waals surface area contributed by atoms with E-state index in [1.54, 1.807) is 56.4 Å². The lowest BCUT2D eigenvalue weighted by Crippen LogP contribution is -2.06. The third-order valence-corrected chi connectivity index (χ3v) is 24.3. The van der Waals surface area contributed by atoms with Gasteiger partial charge in [0.2, 0.25) is 0 Å². The first kappa shape index (κ1) is 91.0. The summed E-state index contributed by atoms with van der Waals surface area (Å²) >= 11 is 0. The Kier molecular flexibility index (Phi) is 25.9. The first-order valence-corrected chi connectivity index (χ1v) is 46.6. The maximum Gasteiger partial charge on any atom is 0.183 e. The Morgan fingerprint density at radius 2 is 0.646 bits per heavy atom. The maximum atomic E-state index is 12.7. The van der Waals surface area contributed by atoms with Crippen LogP contribution in [0.25, 0.3) is 158 Å². The molecule has 0 radical (unpaired) electrons. The molecule has 0 amide bonds. The Labute approximate surface area is 822 Å². The van der Waals surface area contributed by atoms with Crippen LogP contribution in [0.15, 0.2) is 336 Å². The average Bonchev–Trinajstić information content (AvgIpc) is 1.65. The third-order valence-electron chi connectivity index (χ3n) is 24.3. The number of nitrogens with one attached hydrogen (secondary N) is 8. The highest BCUT2D eigenvalue weighted by molar-refractivity contribution is 5.93. The van der Waals surface area contributed by atoms with E-state index < -0.39 is 0 Å². The summed E-state index contributed by atoms with van der Waals surface area (Å²) in [5, 5.41) is 31.2. The Hall–Kier alpha value is -19.5. The molecule has 33 heteroatoms. The fourth-order valence-electron chi connectivity index (χ4n) is 17.2. The molecule has 0 spiro atoms. The molecule has 0 unspecified atom stereocenters. The summed E-state index contributed by atoms with van der Waals surface area (Å²) in [6.45, 7) is 7.77. The molecule has 0 aliphatic carbocycles. The van der Waals surface area contributed by atoms with Crippen LogP contribution in [0.5, 0.6) is 0 Å². The molecule has 8 N–H and O–H groups in total. The minimum absolute atomic E-state index is 0.114. The van der Waals surface area contributed by atoms with Gasteiger partial charge in [0, 0.05) is 174 Å². The van der Waals surface area contributed by atoms with E-state index in [2.05, 4.69) is 127 Å². The van der Waals surface area contributed by atoms with Crippen LogP contribution in [0.4, 0.5) is 0 Å². The molecule has 0 aliphatic heterocycles. The smallest absolute Gasteiger partial charge is 0.183 e. The number of hydrogen-bond donors (Lipinski definition) is 8. The van der Waals surface area contributed by atoms with E-state index in [1.165, 1.54) is 6.33 Å². The molecule has 33 nitrogen and oxygen atoms in total. The predicted octanol–water partition coefficient (Wildman–Crippen LogP) is 18.8. The fraction of sp³-hybridized carbons (Fsp3) is 0.108. The van der Waals surface area contributed by atoms with E-state index in [-0.39, 0.29) is 23.1 Å². The van der Waals surface area contributed by atoms with Crippen LogP contribution in [-0.4, -0.2) is 167 Å². The SMILES string of the molecule is Cc1cn(-c2nccc3[nH]c(-c4ccc(CC(=O)Cc5cc(-c6ccccc6)n[nH]5)cc4)cc23)cn1.Cc1cn(-c2nccc3[nH]c(-c4ccc(CC(=O)Cc5cc(-c6ccncc6)n[nH]5)cc4)nc23)cn1.Cc1cn(-c2ncnc3[nH]c(-c4ccc(CC(=O)Cc5cc(-c6ccccc6)n[nH]5)cc4)cc23)cn1.Cc1cn(-c2ncnc3nc(-c4ccc(CC(=O)Cc5cc(-c6ccccc6)n[nH]5)cc4)[nH]c23)cn1. The highest BCUT2D eigenvalue weighted by Gasteiger charge is 2.22. The molecule has 17 heterocycles. The topological polar surface area (TPSA) is 433 Å². The average molecular weight is 1900 g/mol. The number of ketones is 4. The second-order valence-corrected chi connectivity index (χ2v) is 35.0. The molecule has 17 aromatic heterocycles. The highest BCUT2D eigenvalue weighted by Crippen LogP contribution is 2.34. The van der Waals surface area contributed by atoms with Gasteiger partial charge < -0.3 is 19.9 Å². The Morgan fingerprint density at radius 3 is 1.08 bits per heavy atom. The van der Waals surface area contributed by atoms with Gasteiger partial charge in [-0.2, -0.15) is 20.4 Å². The van der Waals surface area contributed by atoms with Crippen LogP contribution in [0, 0.1) is 27.7 Å². The van der Waals surface area contributed by atoms with Gasteiger partial charge in [-0.15, -0.1) is 0 Å². The number of aromatic amines is 8. The van der Waals surface area contributed by atoms with Crippen molar-refractivity contribution in [3.63, 3.8) is 0 Å². The van der Waals surface area contributed by atoms with Crippen molar-refractivity contribution in [3.8, 4) is 114 Å². The molecular weight excluding hydrogens is 1800 g/mol. The number of carbonyl (C=O) groups excluding carboxylic acids is 4. The van der Waals surface area contributed by atoms with Crippen LogP contribution >= 0.6 is 0 Å². The number of aromatic nitrogens is 29. The Bertz CT molecular complexity index is 7650. The van der Waals surface area contributed by atoms with Crippen LogP contribution in [0.3, 0.4) is 0 Å². The lowest BCUT2D eigenvalue weighted by atomic mass is 10.0. The Balaban J connectivity index is 0.000000113. The lowest BCUT2D eigenvalue weighted by molar-refractivity contribution is -0.118. The van der Waals surface area contributed by atoms with Gasteiger partial charge in [-0.3, -0.25) is 62.8 Å². The quantitative estimate of drug-likeness (QED) is 0.0226. The zero-order chi connectivity index (χ0) is 97.9. The number of fused-ring (bicyclic) bond motifs is 4. The highest BCUT2D eigenvalue weighted by atomic mass is 16.1. The molecule has 24 rings (SSSR count). The molecule has 0 saturated carbocycles. The molecule has 704 valence electrons. The van der Waals surface area contributed by atoms with E-state index in [0.717, 1.165) is 208 Å². The van der Waals surface area contributed by atoms with Gasteiger partial charge in [-0.25, -0.2) is 59.8 Å². The number of carbonyl (C=O) groups is 4. The van der Waals surface area contributed by atoms with Crippen molar-refractivity contribution in [2.45, 2.75) is 79.1 Å². The van der Waals surface area contributed by atoms with E-state index >= 15 is 0 Å². The normalized spacial score (nSPS) is 11.2. The Morgan fingerprint density at radius 1 is 0.285 bits per heavy atom. The van der Waals surface area contributed by atoms with Crippen molar-refractivity contribution < 1.29 is 19.2 Å². The summed E-state index contributed by atoms with van der Waals surface area (Å²) in [5.74, 6) is 4.97. The minimum Gasteiger partial charge on any atom is -0.354 e. The molecule has 144 heavy (non-hydrogen) atoms. The first-order valence-electron chi connectivity index (χ1n) is 46.6. The van der Waals surface area contributed by atoms with Crippen LogP contribution in [0.2, 0.25) is 0 Å². The first-order chi connectivity index (χ1) is 70.5. The number of Topliss-reactive ketones (excluding diaryl/α,β-unsaturated/α-hetero) is 4. The van der Waals surface area contributed by atoms with E-state index in [0.29, 0.717) is 68.7 Å². The number of H-pyrrole nitrogens is 8. The van der Waals surface area contributed by atoms with Gasteiger partial charge in [0.25, 0.3) is 0 Å². The molecule has 0 fully saturated rings. The molecule has 0 bridgehead atoms. The van der Waals surface area contributed by atoms with Gasteiger partial charge in [0.15, 0.2) is 23.1 Å². The monoisotopic (exact) mass is 1890 g/mol. The summed E-state index contributed by atoms with van der Waals surface area (Å²) < 4.78 is 7.55. The van der Waals surface area contributed by atoms with Gasteiger partial charge in [0.1, 0.15) is 95.2 Å². The zero-order valence-corrected chi connectivity index (χ0v) is 78.4. The maximum absolute atomic E-state index is 12.7. The largest absolute Gasteiger partial charge is 0.354 e. The summed E-state index contributed by atoms with van der Waals surface area (Å²) in [6, 6.07) is 81.1. The number of hydrogen-bond acceptors (Lipinski definition) is 21. The molecule has 0 aliphatic rings. The zero-order valence-electron chi connectivity index (χ0n) is 78.4. The second-order valence-electron chi connectivity index (χ2n) is 35.0. The van der Waals surface area contributed by atoms with E-state index in [9.17, 15) is 19.2 Å². The van der Waals surface area contributed by atoms with Crippen LogP contribution < -0.4 is 0 Å². The number of imidazole rings is 6. The lowest BCUT2D eigenvalue weighted by Gasteiger charge is -2.03. The van der Waals surface area contributed by atoms with Crippen molar-refractivity contribution in [3.05, 3.63) is 404 Å². The number of rotatable bonds is 28.